The Kier molecular flexibility index (Phi) is 1.84. The molecule has 0 radical (unpaired) electrons. The van der Waals surface area contributed by atoms with Crippen LogP contribution in [0.2, 0.25) is 0 Å². The first-order valence-electron chi connectivity index (χ1n) is 3.83. The quantitative estimate of drug-likeness (QED) is 0.667. The lowest BCUT2D eigenvalue weighted by atomic mass is 10.1. The summed E-state index contributed by atoms with van der Waals surface area (Å²) in [5.41, 5.74) is 1.39. The van der Waals surface area contributed by atoms with E-state index in [1.165, 1.54) is 12.0 Å². The molecule has 11 heavy (non-hydrogen) atoms. The van der Waals surface area contributed by atoms with Crippen LogP contribution in [0.1, 0.15) is 17.9 Å². The van der Waals surface area contributed by atoms with Crippen LogP contribution in [-0.2, 0) is 0 Å². The molecule has 2 heteroatoms. The summed E-state index contributed by atoms with van der Waals surface area (Å²) in [6.45, 7) is 0. The highest BCUT2D eigenvalue weighted by atomic mass is 35.5. The van der Waals surface area contributed by atoms with Crippen molar-refractivity contribution in [1.82, 2.24) is 4.84 Å². The van der Waals surface area contributed by atoms with Crippen LogP contribution >= 0.6 is 11.8 Å². The second-order valence-corrected chi connectivity index (χ2v) is 3.19. The van der Waals surface area contributed by atoms with Gasteiger partial charge in [0.2, 0.25) is 0 Å². The molecule has 58 valence electrons. The Morgan fingerprint density at radius 3 is 2.55 bits per heavy atom. The topological polar surface area (TPSA) is 12.0 Å². The third-order valence-corrected chi connectivity index (χ3v) is 2.44. The van der Waals surface area contributed by atoms with Gasteiger partial charge in [0.25, 0.3) is 0 Å². The Balaban J connectivity index is 2.09. The van der Waals surface area contributed by atoms with Gasteiger partial charge in [-0.25, -0.2) is 4.84 Å². The molecule has 1 aromatic rings. The summed E-state index contributed by atoms with van der Waals surface area (Å²) in [6.07, 6.45) is 1.17. The van der Waals surface area contributed by atoms with E-state index < -0.39 is 0 Å². The minimum atomic E-state index is 0.499. The van der Waals surface area contributed by atoms with Crippen LogP contribution in [-0.4, -0.2) is 6.04 Å². The lowest BCUT2D eigenvalue weighted by molar-refractivity contribution is 0.907. The predicted molar refractivity (Wildman–Crippen MR) is 46.6 cm³/mol. The number of hydrogen-bond acceptors (Lipinski definition) is 1. The van der Waals surface area contributed by atoms with Crippen molar-refractivity contribution in [2.24, 2.45) is 0 Å². The SMILES string of the molecule is ClN[C@H]1C[C@@H]1c1ccccc1. The average molecular weight is 168 g/mol. The van der Waals surface area contributed by atoms with E-state index in [0.29, 0.717) is 12.0 Å². The van der Waals surface area contributed by atoms with Gasteiger partial charge in [0.1, 0.15) is 0 Å². The summed E-state index contributed by atoms with van der Waals surface area (Å²) >= 11 is 5.49. The molecule has 1 aliphatic carbocycles. The summed E-state index contributed by atoms with van der Waals surface area (Å²) in [6, 6.07) is 11.0. The van der Waals surface area contributed by atoms with Crippen molar-refractivity contribution in [1.29, 1.82) is 0 Å². The zero-order valence-corrected chi connectivity index (χ0v) is 6.88. The molecule has 0 aliphatic heterocycles. The first-order chi connectivity index (χ1) is 5.42. The predicted octanol–water partition coefficient (Wildman–Crippen LogP) is 2.29. The molecule has 0 spiro atoms. The Morgan fingerprint density at radius 2 is 2.00 bits per heavy atom. The maximum Gasteiger partial charge on any atom is 0.0296 e. The summed E-state index contributed by atoms with van der Waals surface area (Å²) in [7, 11) is 0. The molecule has 0 heterocycles. The van der Waals surface area contributed by atoms with Crippen molar-refractivity contribution < 1.29 is 0 Å². The number of benzene rings is 1. The monoisotopic (exact) mass is 167 g/mol. The molecule has 1 aliphatic rings. The molecule has 2 atom stereocenters. The standard InChI is InChI=1S/C9H10ClN/c10-11-9-6-8(9)7-4-2-1-3-5-7/h1-5,8-9,11H,6H2/t8-,9+/m1/s1. The van der Waals surface area contributed by atoms with Crippen LogP contribution in [0.5, 0.6) is 0 Å². The molecule has 0 saturated heterocycles. The fourth-order valence-electron chi connectivity index (χ4n) is 1.38. The first kappa shape index (κ1) is 7.14. The molecule has 0 unspecified atom stereocenters. The van der Waals surface area contributed by atoms with Crippen molar-refractivity contribution >= 4 is 11.8 Å². The highest BCUT2D eigenvalue weighted by Gasteiger charge is 2.37. The summed E-state index contributed by atoms with van der Waals surface area (Å²) in [5.74, 6) is 0.647. The number of halogens is 1. The van der Waals surface area contributed by atoms with Gasteiger partial charge in [0, 0.05) is 12.0 Å². The van der Waals surface area contributed by atoms with Gasteiger partial charge in [-0.1, -0.05) is 30.3 Å². The van der Waals surface area contributed by atoms with E-state index in [1.54, 1.807) is 0 Å². The second-order valence-electron chi connectivity index (χ2n) is 2.97. The van der Waals surface area contributed by atoms with E-state index >= 15 is 0 Å². The van der Waals surface area contributed by atoms with Crippen LogP contribution in [0.15, 0.2) is 30.3 Å². The Labute approximate surface area is 71.5 Å². The number of rotatable bonds is 2. The van der Waals surface area contributed by atoms with Crippen molar-refractivity contribution in [2.45, 2.75) is 18.4 Å². The smallest absolute Gasteiger partial charge is 0.0296 e. The van der Waals surface area contributed by atoms with Crippen molar-refractivity contribution in [2.75, 3.05) is 0 Å². The molecule has 1 nitrogen and oxygen atoms in total. The molecule has 1 fully saturated rings. The maximum absolute atomic E-state index is 5.49. The molecule has 1 N–H and O–H groups in total. The van der Waals surface area contributed by atoms with Gasteiger partial charge in [-0.3, -0.25) is 0 Å². The summed E-state index contributed by atoms with van der Waals surface area (Å²) < 4.78 is 0. The Morgan fingerprint density at radius 1 is 1.27 bits per heavy atom. The molecule has 0 aromatic heterocycles. The van der Waals surface area contributed by atoms with Crippen LogP contribution in [0.25, 0.3) is 0 Å². The maximum atomic E-state index is 5.49. The zero-order chi connectivity index (χ0) is 7.68. The van der Waals surface area contributed by atoms with Crippen LogP contribution < -0.4 is 4.84 Å². The highest BCUT2D eigenvalue weighted by molar-refractivity contribution is 6.13. The third kappa shape index (κ3) is 1.39. The Hall–Kier alpha value is -0.530. The molecule has 1 aromatic carbocycles. The molecular formula is C9H10ClN. The fourth-order valence-corrected chi connectivity index (χ4v) is 1.63. The summed E-state index contributed by atoms with van der Waals surface area (Å²) in [4.78, 5) is 2.76. The molecular weight excluding hydrogens is 158 g/mol. The van der Waals surface area contributed by atoms with E-state index in [-0.39, 0.29) is 0 Å². The molecule has 0 amide bonds. The highest BCUT2D eigenvalue weighted by Crippen LogP contribution is 2.40. The molecule has 2 rings (SSSR count). The zero-order valence-electron chi connectivity index (χ0n) is 6.13. The minimum absolute atomic E-state index is 0.499. The normalized spacial score (nSPS) is 28.5. The van der Waals surface area contributed by atoms with Gasteiger partial charge < -0.3 is 0 Å². The van der Waals surface area contributed by atoms with Crippen LogP contribution in [0, 0.1) is 0 Å². The van der Waals surface area contributed by atoms with E-state index in [4.69, 9.17) is 11.8 Å². The number of hydrogen-bond donors (Lipinski definition) is 1. The average Bonchev–Trinajstić information content (AvgIpc) is 2.85. The minimum Gasteiger partial charge on any atom is -0.230 e. The van der Waals surface area contributed by atoms with Crippen LogP contribution in [0.3, 0.4) is 0 Å². The van der Waals surface area contributed by atoms with Gasteiger partial charge >= 0.3 is 0 Å². The Bertz CT molecular complexity index is 235. The fraction of sp³-hybridized carbons (Fsp3) is 0.333. The largest absolute Gasteiger partial charge is 0.230 e. The van der Waals surface area contributed by atoms with Crippen LogP contribution in [0.4, 0.5) is 0 Å². The van der Waals surface area contributed by atoms with Gasteiger partial charge in [0.15, 0.2) is 0 Å². The number of nitrogens with one attached hydrogen (secondary N) is 1. The van der Waals surface area contributed by atoms with Crippen molar-refractivity contribution in [3.05, 3.63) is 35.9 Å². The second kappa shape index (κ2) is 2.84. The van der Waals surface area contributed by atoms with Gasteiger partial charge in [-0.05, 0) is 23.8 Å². The first-order valence-corrected chi connectivity index (χ1v) is 4.20. The van der Waals surface area contributed by atoms with Gasteiger partial charge in [-0.2, -0.15) is 0 Å². The molecule has 0 bridgehead atoms. The van der Waals surface area contributed by atoms with Crippen molar-refractivity contribution in [3.8, 4) is 0 Å². The van der Waals surface area contributed by atoms with E-state index in [0.717, 1.165) is 0 Å². The lowest BCUT2D eigenvalue weighted by Gasteiger charge is -1.96. The van der Waals surface area contributed by atoms with Gasteiger partial charge in [0.05, 0.1) is 0 Å². The van der Waals surface area contributed by atoms with Gasteiger partial charge in [-0.15, -0.1) is 0 Å². The molecule has 1 saturated carbocycles. The summed E-state index contributed by atoms with van der Waals surface area (Å²) in [5, 5.41) is 0. The third-order valence-electron chi connectivity index (χ3n) is 2.16. The van der Waals surface area contributed by atoms with E-state index in [2.05, 4.69) is 29.1 Å². The van der Waals surface area contributed by atoms with E-state index in [9.17, 15) is 0 Å². The van der Waals surface area contributed by atoms with E-state index in [1.807, 2.05) is 6.07 Å². The lowest BCUT2D eigenvalue weighted by Crippen LogP contribution is -2.02. The van der Waals surface area contributed by atoms with Crippen molar-refractivity contribution in [3.63, 3.8) is 0 Å².